The van der Waals surface area contributed by atoms with Crippen LogP contribution in [0.1, 0.15) is 16.0 Å². The maximum absolute atomic E-state index is 13.6. The number of hydrogen-bond acceptors (Lipinski definition) is 5. The van der Waals surface area contributed by atoms with Gasteiger partial charge < -0.3 is 21.3 Å². The molecule has 1 aliphatic rings. The lowest BCUT2D eigenvalue weighted by Crippen LogP contribution is -2.54. The number of nitrogens with one attached hydrogen (secondary N) is 2. The maximum Gasteiger partial charge on any atom is 0.323 e. The molecule has 1 aliphatic heterocycles. The predicted molar refractivity (Wildman–Crippen MR) is 132 cm³/mol. The highest BCUT2D eigenvalue weighted by atomic mass is 32.1. The molecule has 182 valence electrons. The van der Waals surface area contributed by atoms with Crippen molar-refractivity contribution >= 4 is 34.9 Å². The van der Waals surface area contributed by atoms with E-state index in [4.69, 9.17) is 5.73 Å². The Labute approximate surface area is 206 Å². The number of nitrogens with zero attached hydrogens (tertiary/aromatic N) is 2. The SMILES string of the molecule is NCc1cccc(CNC(=O)C2N(C(=O)Cc3cccs3)CCN2C(=O)Nc2cccc(F)c2)c1. The van der Waals surface area contributed by atoms with E-state index in [1.807, 2.05) is 41.8 Å². The second kappa shape index (κ2) is 11.1. The fraction of sp³-hybridized carbons (Fsp3) is 0.240. The summed E-state index contributed by atoms with van der Waals surface area (Å²) in [6.07, 6.45) is -0.993. The molecule has 0 radical (unpaired) electrons. The van der Waals surface area contributed by atoms with E-state index in [0.717, 1.165) is 16.0 Å². The molecule has 4 N–H and O–H groups in total. The highest BCUT2D eigenvalue weighted by Gasteiger charge is 2.42. The van der Waals surface area contributed by atoms with Crippen LogP contribution in [0.4, 0.5) is 14.9 Å². The first kappa shape index (κ1) is 24.4. The summed E-state index contributed by atoms with van der Waals surface area (Å²) < 4.78 is 13.6. The standard InChI is InChI=1S/C25H26FN5O3S/c26-19-6-2-7-20(13-19)29-25(34)31-10-9-30(22(32)14-21-8-3-11-35-21)24(31)23(33)28-16-18-5-1-4-17(12-18)15-27/h1-8,11-13,24H,9-10,14-16,27H2,(H,28,33)(H,29,34). The number of hydrogen-bond donors (Lipinski definition) is 3. The van der Waals surface area contributed by atoms with Crippen molar-refractivity contribution in [2.75, 3.05) is 18.4 Å². The lowest BCUT2D eigenvalue weighted by Gasteiger charge is -2.29. The molecule has 0 saturated carbocycles. The van der Waals surface area contributed by atoms with Gasteiger partial charge in [-0.15, -0.1) is 11.3 Å². The summed E-state index contributed by atoms with van der Waals surface area (Å²) >= 11 is 1.45. The molecule has 3 aromatic rings. The first-order valence-electron chi connectivity index (χ1n) is 11.2. The topological polar surface area (TPSA) is 108 Å². The molecule has 1 unspecified atom stereocenters. The zero-order chi connectivity index (χ0) is 24.8. The van der Waals surface area contributed by atoms with Gasteiger partial charge in [0.2, 0.25) is 5.91 Å². The number of benzene rings is 2. The Morgan fingerprint density at radius 2 is 1.77 bits per heavy atom. The van der Waals surface area contributed by atoms with E-state index in [1.54, 1.807) is 6.07 Å². The van der Waals surface area contributed by atoms with Crippen molar-refractivity contribution < 1.29 is 18.8 Å². The van der Waals surface area contributed by atoms with Crippen molar-refractivity contribution in [1.82, 2.24) is 15.1 Å². The molecule has 2 aromatic carbocycles. The smallest absolute Gasteiger partial charge is 0.323 e. The van der Waals surface area contributed by atoms with Crippen LogP contribution in [0.3, 0.4) is 0 Å². The molecule has 35 heavy (non-hydrogen) atoms. The number of carbonyl (C=O) groups is 3. The van der Waals surface area contributed by atoms with Crippen LogP contribution < -0.4 is 16.4 Å². The van der Waals surface area contributed by atoms with Gasteiger partial charge in [0.1, 0.15) is 5.82 Å². The average molecular weight is 496 g/mol. The van der Waals surface area contributed by atoms with Gasteiger partial charge in [0.15, 0.2) is 6.17 Å². The van der Waals surface area contributed by atoms with Crippen molar-refractivity contribution in [1.29, 1.82) is 0 Å². The lowest BCUT2D eigenvalue weighted by atomic mass is 10.1. The number of urea groups is 1. The Balaban J connectivity index is 1.51. The van der Waals surface area contributed by atoms with Gasteiger partial charge in [-0.25, -0.2) is 9.18 Å². The molecule has 4 rings (SSSR count). The summed E-state index contributed by atoms with van der Waals surface area (Å²) in [6, 6.07) is 16.1. The molecule has 1 aromatic heterocycles. The summed E-state index contributed by atoms with van der Waals surface area (Å²) in [7, 11) is 0. The summed E-state index contributed by atoms with van der Waals surface area (Å²) in [5.74, 6) is -1.22. The second-order valence-corrected chi connectivity index (χ2v) is 9.12. The number of halogens is 1. The van der Waals surface area contributed by atoms with E-state index in [9.17, 15) is 18.8 Å². The predicted octanol–water partition coefficient (Wildman–Crippen LogP) is 2.91. The van der Waals surface area contributed by atoms with Crippen LogP contribution in [0.15, 0.2) is 66.0 Å². The third-order valence-electron chi connectivity index (χ3n) is 5.66. The average Bonchev–Trinajstić information content (AvgIpc) is 3.53. The first-order chi connectivity index (χ1) is 16.9. The van der Waals surface area contributed by atoms with E-state index in [0.29, 0.717) is 6.54 Å². The molecular weight excluding hydrogens is 469 g/mol. The van der Waals surface area contributed by atoms with Gasteiger partial charge in [-0.05, 0) is 40.8 Å². The number of carbonyl (C=O) groups excluding carboxylic acids is 3. The Morgan fingerprint density at radius 1 is 1.00 bits per heavy atom. The third-order valence-corrected chi connectivity index (χ3v) is 6.54. The highest BCUT2D eigenvalue weighted by molar-refractivity contribution is 7.10. The molecule has 0 spiro atoms. The molecule has 0 bridgehead atoms. The van der Waals surface area contributed by atoms with Crippen molar-refractivity contribution in [2.24, 2.45) is 5.73 Å². The fourth-order valence-electron chi connectivity index (χ4n) is 3.96. The Morgan fingerprint density at radius 3 is 2.51 bits per heavy atom. The Hall–Kier alpha value is -3.76. The fourth-order valence-corrected chi connectivity index (χ4v) is 4.65. The quantitative estimate of drug-likeness (QED) is 0.468. The molecule has 8 nitrogen and oxygen atoms in total. The molecule has 1 atom stereocenters. The van der Waals surface area contributed by atoms with Crippen LogP contribution in [-0.2, 0) is 29.1 Å². The molecule has 2 heterocycles. The lowest BCUT2D eigenvalue weighted by molar-refractivity contribution is -0.140. The van der Waals surface area contributed by atoms with Gasteiger partial charge in [-0.3, -0.25) is 14.5 Å². The summed E-state index contributed by atoms with van der Waals surface area (Å²) in [5, 5.41) is 7.34. The van der Waals surface area contributed by atoms with Crippen LogP contribution in [-0.4, -0.2) is 46.9 Å². The molecular formula is C25H26FN5O3S. The number of anilines is 1. The minimum absolute atomic E-state index is 0.138. The van der Waals surface area contributed by atoms with Crippen LogP contribution in [0, 0.1) is 5.82 Å². The number of thiophene rings is 1. The van der Waals surface area contributed by atoms with Crippen molar-refractivity contribution in [2.45, 2.75) is 25.7 Å². The van der Waals surface area contributed by atoms with E-state index in [1.165, 1.54) is 39.3 Å². The van der Waals surface area contributed by atoms with E-state index in [2.05, 4.69) is 10.6 Å². The van der Waals surface area contributed by atoms with Gasteiger partial charge in [-0.1, -0.05) is 36.4 Å². The molecule has 1 fully saturated rings. The van der Waals surface area contributed by atoms with Crippen molar-refractivity contribution in [3.05, 3.63) is 87.9 Å². The largest absolute Gasteiger partial charge is 0.349 e. The van der Waals surface area contributed by atoms with Crippen molar-refractivity contribution in [3.63, 3.8) is 0 Å². The monoisotopic (exact) mass is 495 g/mol. The van der Waals surface area contributed by atoms with Crippen LogP contribution in [0.25, 0.3) is 0 Å². The zero-order valence-electron chi connectivity index (χ0n) is 18.9. The van der Waals surface area contributed by atoms with E-state index < -0.39 is 23.9 Å². The van der Waals surface area contributed by atoms with Crippen LogP contribution in [0.5, 0.6) is 0 Å². The number of amides is 4. The highest BCUT2D eigenvalue weighted by Crippen LogP contribution is 2.21. The minimum atomic E-state index is -1.13. The molecule has 1 saturated heterocycles. The molecule has 4 amide bonds. The van der Waals surface area contributed by atoms with Gasteiger partial charge >= 0.3 is 6.03 Å². The maximum atomic E-state index is 13.6. The first-order valence-corrected chi connectivity index (χ1v) is 12.0. The van der Waals surface area contributed by atoms with Gasteiger partial charge in [0.05, 0.1) is 6.42 Å². The summed E-state index contributed by atoms with van der Waals surface area (Å²) in [6.45, 7) is 0.971. The second-order valence-electron chi connectivity index (χ2n) is 8.09. The normalized spacial score (nSPS) is 15.2. The Bertz CT molecular complexity index is 1200. The van der Waals surface area contributed by atoms with Crippen LogP contribution in [0.2, 0.25) is 0 Å². The Kier molecular flexibility index (Phi) is 7.74. The van der Waals surface area contributed by atoms with Gasteiger partial charge in [-0.2, -0.15) is 0 Å². The van der Waals surface area contributed by atoms with Gasteiger partial charge in [0, 0.05) is 36.7 Å². The molecule has 0 aliphatic carbocycles. The van der Waals surface area contributed by atoms with Crippen LogP contribution >= 0.6 is 11.3 Å². The molecule has 10 heteroatoms. The minimum Gasteiger partial charge on any atom is -0.349 e. The van der Waals surface area contributed by atoms with E-state index >= 15 is 0 Å². The third kappa shape index (κ3) is 6.03. The van der Waals surface area contributed by atoms with Crippen molar-refractivity contribution in [3.8, 4) is 0 Å². The number of nitrogens with two attached hydrogens (primary N) is 1. The van der Waals surface area contributed by atoms with Gasteiger partial charge in [0.25, 0.3) is 5.91 Å². The number of rotatable bonds is 7. The van der Waals surface area contributed by atoms with E-state index in [-0.39, 0.29) is 37.6 Å². The summed E-state index contributed by atoms with van der Waals surface area (Å²) in [4.78, 5) is 43.0. The summed E-state index contributed by atoms with van der Waals surface area (Å²) in [5.41, 5.74) is 7.75. The zero-order valence-corrected chi connectivity index (χ0v) is 19.8.